The molecule has 2 aromatic rings. The molecule has 0 aliphatic carbocycles. The van der Waals surface area contributed by atoms with Crippen molar-refractivity contribution < 1.29 is 9.90 Å². The Morgan fingerprint density at radius 3 is 2.65 bits per heavy atom. The lowest BCUT2D eigenvalue weighted by atomic mass is 9.96. The second kappa shape index (κ2) is 8.78. The van der Waals surface area contributed by atoms with E-state index in [4.69, 9.17) is 0 Å². The lowest BCUT2D eigenvalue weighted by Gasteiger charge is -2.33. The zero-order chi connectivity index (χ0) is 18.4. The van der Waals surface area contributed by atoms with E-state index in [2.05, 4.69) is 15.2 Å². The molecule has 1 aliphatic rings. The first-order chi connectivity index (χ1) is 12.6. The van der Waals surface area contributed by atoms with Crippen LogP contribution < -0.4 is 10.9 Å². The molecule has 1 saturated heterocycles. The van der Waals surface area contributed by atoms with Gasteiger partial charge in [0.15, 0.2) is 0 Å². The molecule has 1 unspecified atom stereocenters. The smallest absolute Gasteiger partial charge is 0.251 e. The second-order valence-electron chi connectivity index (χ2n) is 6.82. The van der Waals surface area contributed by atoms with Crippen LogP contribution in [0.25, 0.3) is 0 Å². The fraction of sp³-hybridized carbons (Fsp3) is 0.400. The summed E-state index contributed by atoms with van der Waals surface area (Å²) in [7, 11) is 0. The summed E-state index contributed by atoms with van der Waals surface area (Å²) in [4.78, 5) is 28.1. The highest BCUT2D eigenvalue weighted by molar-refractivity contribution is 5.93. The summed E-state index contributed by atoms with van der Waals surface area (Å²) in [6.07, 6.45) is 2.98. The number of H-pyrrole nitrogens is 1. The van der Waals surface area contributed by atoms with Gasteiger partial charge in [-0.2, -0.15) is 0 Å². The Kier molecular flexibility index (Phi) is 6.20. The van der Waals surface area contributed by atoms with Gasteiger partial charge in [0, 0.05) is 30.9 Å². The first-order valence-electron chi connectivity index (χ1n) is 9.04. The van der Waals surface area contributed by atoms with Gasteiger partial charge < -0.3 is 20.3 Å². The van der Waals surface area contributed by atoms with Crippen molar-refractivity contribution in [3.05, 3.63) is 70.1 Å². The number of aliphatic hydroxyl groups excluding tert-OH is 1. The molecule has 2 heterocycles. The summed E-state index contributed by atoms with van der Waals surface area (Å²) in [6, 6.07) is 12.6. The Morgan fingerprint density at radius 1 is 1.23 bits per heavy atom. The highest BCUT2D eigenvalue weighted by Gasteiger charge is 2.22. The van der Waals surface area contributed by atoms with Crippen LogP contribution in [0, 0.1) is 5.92 Å². The molecule has 0 spiro atoms. The molecule has 6 nitrogen and oxygen atoms in total. The molecule has 1 aromatic heterocycles. The van der Waals surface area contributed by atoms with Gasteiger partial charge in [0.05, 0.1) is 6.10 Å². The third-order valence-corrected chi connectivity index (χ3v) is 4.91. The zero-order valence-electron chi connectivity index (χ0n) is 14.7. The predicted octanol–water partition coefficient (Wildman–Crippen LogP) is 1.55. The van der Waals surface area contributed by atoms with E-state index >= 15 is 0 Å². The number of aromatic amines is 1. The van der Waals surface area contributed by atoms with Gasteiger partial charge in [-0.05, 0) is 43.5 Å². The molecule has 3 N–H and O–H groups in total. The standard InChI is InChI=1S/C20H25N3O3/c24-18(16-4-2-1-3-5-16)14-23-10-7-15(8-11-23)13-22-20(26)17-6-9-21-19(25)12-17/h1-6,9,12,15,18,24H,7-8,10-11,13-14H2,(H,21,25)(H,22,26). The maximum Gasteiger partial charge on any atom is 0.251 e. The number of carbonyl (C=O) groups is 1. The van der Waals surface area contributed by atoms with Crippen molar-refractivity contribution >= 4 is 5.91 Å². The Bertz CT molecular complexity index is 767. The van der Waals surface area contributed by atoms with E-state index in [0.29, 0.717) is 24.6 Å². The minimum atomic E-state index is -0.469. The molecule has 1 atom stereocenters. The maximum atomic E-state index is 12.1. The molecule has 1 fully saturated rings. The highest BCUT2D eigenvalue weighted by atomic mass is 16.3. The largest absolute Gasteiger partial charge is 0.387 e. The normalized spacial score (nSPS) is 17.0. The van der Waals surface area contributed by atoms with Crippen LogP contribution in [0.1, 0.15) is 34.9 Å². The number of nitrogens with zero attached hydrogens (tertiary/aromatic N) is 1. The van der Waals surface area contributed by atoms with Crippen LogP contribution >= 0.6 is 0 Å². The van der Waals surface area contributed by atoms with E-state index in [1.165, 1.54) is 12.3 Å². The van der Waals surface area contributed by atoms with E-state index in [0.717, 1.165) is 31.5 Å². The lowest BCUT2D eigenvalue weighted by Crippen LogP contribution is -2.40. The third kappa shape index (κ3) is 5.03. The van der Waals surface area contributed by atoms with Gasteiger partial charge in [0.25, 0.3) is 5.91 Å². The Hall–Kier alpha value is -2.44. The first kappa shape index (κ1) is 18.4. The second-order valence-corrected chi connectivity index (χ2v) is 6.82. The molecule has 3 rings (SSSR count). The summed E-state index contributed by atoms with van der Waals surface area (Å²) in [5.74, 6) is 0.212. The van der Waals surface area contributed by atoms with Gasteiger partial charge in [-0.15, -0.1) is 0 Å². The number of piperidine rings is 1. The minimum absolute atomic E-state index is 0.210. The number of aromatic nitrogens is 1. The number of hydrogen-bond acceptors (Lipinski definition) is 4. The Balaban J connectivity index is 1.41. The van der Waals surface area contributed by atoms with Crippen molar-refractivity contribution in [3.8, 4) is 0 Å². The quantitative estimate of drug-likeness (QED) is 0.734. The molecular weight excluding hydrogens is 330 g/mol. The van der Waals surface area contributed by atoms with Crippen LogP contribution in [0.3, 0.4) is 0 Å². The maximum absolute atomic E-state index is 12.1. The summed E-state index contributed by atoms with van der Waals surface area (Å²) in [5.41, 5.74) is 1.06. The number of β-amino-alcohol motifs (C(OH)–C–C–N with tert-alkyl or cyclic N) is 1. The summed E-state index contributed by atoms with van der Waals surface area (Å²) >= 11 is 0. The third-order valence-electron chi connectivity index (χ3n) is 4.91. The van der Waals surface area contributed by atoms with Crippen LogP contribution in [0.4, 0.5) is 0 Å². The molecule has 1 aliphatic heterocycles. The molecule has 6 heteroatoms. The number of benzene rings is 1. The number of carbonyl (C=O) groups excluding carboxylic acids is 1. The lowest BCUT2D eigenvalue weighted by molar-refractivity contribution is 0.0852. The Labute approximate surface area is 152 Å². The van der Waals surface area contributed by atoms with Crippen molar-refractivity contribution in [2.75, 3.05) is 26.2 Å². The molecular formula is C20H25N3O3. The Morgan fingerprint density at radius 2 is 1.96 bits per heavy atom. The first-order valence-corrected chi connectivity index (χ1v) is 9.04. The van der Waals surface area contributed by atoms with Crippen LogP contribution in [0.2, 0.25) is 0 Å². The van der Waals surface area contributed by atoms with Gasteiger partial charge in [-0.3, -0.25) is 9.59 Å². The van der Waals surface area contributed by atoms with E-state index in [1.807, 2.05) is 30.3 Å². The predicted molar refractivity (Wildman–Crippen MR) is 100.0 cm³/mol. The minimum Gasteiger partial charge on any atom is -0.387 e. The van der Waals surface area contributed by atoms with Crippen LogP contribution in [0.15, 0.2) is 53.5 Å². The van der Waals surface area contributed by atoms with Gasteiger partial charge in [-0.1, -0.05) is 30.3 Å². The monoisotopic (exact) mass is 355 g/mol. The van der Waals surface area contributed by atoms with Gasteiger partial charge in [0.1, 0.15) is 0 Å². The number of likely N-dealkylation sites (tertiary alicyclic amines) is 1. The average molecular weight is 355 g/mol. The summed E-state index contributed by atoms with van der Waals surface area (Å²) in [5, 5.41) is 13.3. The van der Waals surface area contributed by atoms with Crippen molar-refractivity contribution in [2.24, 2.45) is 5.92 Å². The molecule has 0 radical (unpaired) electrons. The molecule has 0 saturated carbocycles. The van der Waals surface area contributed by atoms with Crippen molar-refractivity contribution in [1.82, 2.24) is 15.2 Å². The number of aliphatic hydroxyl groups is 1. The number of nitrogens with one attached hydrogen (secondary N) is 2. The molecule has 0 bridgehead atoms. The number of pyridine rings is 1. The van der Waals surface area contributed by atoms with E-state index in [9.17, 15) is 14.7 Å². The number of amides is 1. The number of rotatable bonds is 6. The highest BCUT2D eigenvalue weighted by Crippen LogP contribution is 2.20. The molecule has 138 valence electrons. The van der Waals surface area contributed by atoms with E-state index in [1.54, 1.807) is 6.07 Å². The molecule has 1 aromatic carbocycles. The topological polar surface area (TPSA) is 85.4 Å². The summed E-state index contributed by atoms with van der Waals surface area (Å²) in [6.45, 7) is 3.07. The van der Waals surface area contributed by atoms with Gasteiger partial charge in [0.2, 0.25) is 5.56 Å². The van der Waals surface area contributed by atoms with Crippen molar-refractivity contribution in [2.45, 2.75) is 18.9 Å². The average Bonchev–Trinajstić information content (AvgIpc) is 2.68. The van der Waals surface area contributed by atoms with Gasteiger partial charge >= 0.3 is 0 Å². The van der Waals surface area contributed by atoms with Crippen molar-refractivity contribution in [3.63, 3.8) is 0 Å². The fourth-order valence-corrected chi connectivity index (χ4v) is 3.32. The van der Waals surface area contributed by atoms with Crippen molar-refractivity contribution in [1.29, 1.82) is 0 Å². The van der Waals surface area contributed by atoms with Crippen LogP contribution in [-0.4, -0.2) is 47.1 Å². The summed E-state index contributed by atoms with van der Waals surface area (Å²) < 4.78 is 0. The van der Waals surface area contributed by atoms with Crippen LogP contribution in [0.5, 0.6) is 0 Å². The number of hydrogen-bond donors (Lipinski definition) is 3. The fourth-order valence-electron chi connectivity index (χ4n) is 3.32. The zero-order valence-corrected chi connectivity index (χ0v) is 14.7. The van der Waals surface area contributed by atoms with E-state index < -0.39 is 6.10 Å². The molecule has 26 heavy (non-hydrogen) atoms. The van der Waals surface area contributed by atoms with E-state index in [-0.39, 0.29) is 11.5 Å². The SMILES string of the molecule is O=C(NCC1CCN(CC(O)c2ccccc2)CC1)c1cc[nH]c(=O)c1. The molecule has 1 amide bonds. The van der Waals surface area contributed by atoms with Gasteiger partial charge in [-0.25, -0.2) is 0 Å². The van der Waals surface area contributed by atoms with Crippen LogP contribution in [-0.2, 0) is 0 Å².